The molecule has 1 saturated heterocycles. The molecule has 99 valence electrons. The number of allylic oxidation sites excluding steroid dienone is 3. The molecule has 3 rings (SSSR count). The molecule has 1 aromatic carbocycles. The van der Waals surface area contributed by atoms with Crippen molar-refractivity contribution < 1.29 is 4.74 Å². The highest BCUT2D eigenvalue weighted by atomic mass is 16.5. The molecule has 0 amide bonds. The van der Waals surface area contributed by atoms with Crippen LogP contribution in [0.5, 0.6) is 0 Å². The quantitative estimate of drug-likeness (QED) is 0.822. The monoisotopic (exact) mass is 254 g/mol. The van der Waals surface area contributed by atoms with Crippen LogP contribution in [0.1, 0.15) is 12.0 Å². The van der Waals surface area contributed by atoms with E-state index in [2.05, 4.69) is 53.8 Å². The molecule has 2 nitrogen and oxygen atoms in total. The van der Waals surface area contributed by atoms with Gasteiger partial charge >= 0.3 is 0 Å². The number of nitrogens with zero attached hydrogens (tertiary/aromatic N) is 1. The lowest BCUT2D eigenvalue weighted by atomic mass is 9.94. The van der Waals surface area contributed by atoms with E-state index in [9.17, 15) is 0 Å². The summed E-state index contributed by atoms with van der Waals surface area (Å²) < 4.78 is 5.45. The Morgan fingerprint density at radius 3 is 2.63 bits per heavy atom. The standard InChI is InChI=1S/C17H20NO/c1-2-6-15(7-3-1)14-16-8-4-5-9-17(16)18-10-12-19-13-11-18/h1-3,5-9H,4,10-14H2. The zero-order chi connectivity index (χ0) is 12.9. The minimum atomic E-state index is 0.843. The van der Waals surface area contributed by atoms with Crippen molar-refractivity contribution in [3.63, 3.8) is 0 Å². The maximum absolute atomic E-state index is 5.45. The molecule has 0 unspecified atom stereocenters. The van der Waals surface area contributed by atoms with Crippen molar-refractivity contribution in [2.45, 2.75) is 12.8 Å². The van der Waals surface area contributed by atoms with Crippen LogP contribution in [0.15, 0.2) is 53.8 Å². The molecule has 0 bridgehead atoms. The van der Waals surface area contributed by atoms with Gasteiger partial charge in [0.05, 0.1) is 13.2 Å². The van der Waals surface area contributed by atoms with E-state index in [1.54, 1.807) is 0 Å². The van der Waals surface area contributed by atoms with Gasteiger partial charge in [0.25, 0.3) is 0 Å². The molecule has 1 heterocycles. The van der Waals surface area contributed by atoms with Crippen LogP contribution in [0.4, 0.5) is 0 Å². The molecule has 2 aliphatic rings. The molecule has 1 aromatic rings. The summed E-state index contributed by atoms with van der Waals surface area (Å²) in [6.07, 6.45) is 8.97. The van der Waals surface area contributed by atoms with Gasteiger partial charge in [0.1, 0.15) is 0 Å². The van der Waals surface area contributed by atoms with Gasteiger partial charge in [-0.15, -0.1) is 0 Å². The summed E-state index contributed by atoms with van der Waals surface area (Å²) >= 11 is 0. The van der Waals surface area contributed by atoms with Crippen LogP contribution >= 0.6 is 0 Å². The molecular formula is C17H20NO. The fourth-order valence-corrected chi connectivity index (χ4v) is 2.69. The number of benzene rings is 1. The Morgan fingerprint density at radius 1 is 1.05 bits per heavy atom. The summed E-state index contributed by atoms with van der Waals surface area (Å²) in [5, 5.41) is 0. The van der Waals surface area contributed by atoms with E-state index in [0.717, 1.165) is 39.1 Å². The van der Waals surface area contributed by atoms with Crippen LogP contribution in [0.25, 0.3) is 0 Å². The second-order valence-electron chi connectivity index (χ2n) is 5.01. The average molecular weight is 254 g/mol. The zero-order valence-electron chi connectivity index (χ0n) is 11.2. The summed E-state index contributed by atoms with van der Waals surface area (Å²) in [7, 11) is 0. The van der Waals surface area contributed by atoms with Crippen molar-refractivity contribution in [1.82, 2.24) is 4.90 Å². The van der Waals surface area contributed by atoms with Crippen molar-refractivity contribution in [1.29, 1.82) is 0 Å². The van der Waals surface area contributed by atoms with Gasteiger partial charge < -0.3 is 9.64 Å². The largest absolute Gasteiger partial charge is 0.378 e. The Balaban J connectivity index is 1.81. The van der Waals surface area contributed by atoms with Crippen molar-refractivity contribution in [3.8, 4) is 0 Å². The molecule has 1 aliphatic heterocycles. The zero-order valence-corrected chi connectivity index (χ0v) is 11.2. The second kappa shape index (κ2) is 6.07. The minimum absolute atomic E-state index is 0.843. The summed E-state index contributed by atoms with van der Waals surface area (Å²) in [4.78, 5) is 2.45. The molecule has 0 spiro atoms. The first-order chi connectivity index (χ1) is 9.43. The molecule has 1 radical (unpaired) electrons. The highest BCUT2D eigenvalue weighted by Crippen LogP contribution is 2.25. The highest BCUT2D eigenvalue weighted by molar-refractivity contribution is 5.38. The number of ether oxygens (including phenoxy) is 1. The first-order valence-electron chi connectivity index (χ1n) is 7.03. The van der Waals surface area contributed by atoms with E-state index in [4.69, 9.17) is 4.74 Å². The van der Waals surface area contributed by atoms with Crippen LogP contribution < -0.4 is 0 Å². The van der Waals surface area contributed by atoms with Crippen molar-refractivity contribution >= 4 is 0 Å². The summed E-state index contributed by atoms with van der Waals surface area (Å²) in [5.74, 6) is 0. The van der Waals surface area contributed by atoms with Gasteiger partial charge in [-0.05, 0) is 36.5 Å². The Kier molecular flexibility index (Phi) is 3.99. The third kappa shape index (κ3) is 3.07. The molecule has 0 aromatic heterocycles. The Bertz CT molecular complexity index is 469. The van der Waals surface area contributed by atoms with Crippen LogP contribution in [0.2, 0.25) is 0 Å². The second-order valence-corrected chi connectivity index (χ2v) is 5.01. The van der Waals surface area contributed by atoms with Gasteiger partial charge in [-0.1, -0.05) is 36.4 Å². The van der Waals surface area contributed by atoms with Gasteiger partial charge in [-0.3, -0.25) is 0 Å². The van der Waals surface area contributed by atoms with E-state index >= 15 is 0 Å². The van der Waals surface area contributed by atoms with Crippen LogP contribution in [-0.2, 0) is 11.2 Å². The number of rotatable bonds is 3. The third-order valence-electron chi connectivity index (χ3n) is 3.69. The lowest BCUT2D eigenvalue weighted by Crippen LogP contribution is -2.36. The van der Waals surface area contributed by atoms with E-state index in [1.165, 1.54) is 16.8 Å². The predicted molar refractivity (Wildman–Crippen MR) is 77.6 cm³/mol. The van der Waals surface area contributed by atoms with Gasteiger partial charge in [0.2, 0.25) is 0 Å². The number of hydrogen-bond donors (Lipinski definition) is 0. The molecule has 0 saturated carbocycles. The van der Waals surface area contributed by atoms with Crippen LogP contribution in [-0.4, -0.2) is 31.2 Å². The Hall–Kier alpha value is -1.54. The molecule has 1 aliphatic carbocycles. The predicted octanol–water partition coefficient (Wildman–Crippen LogP) is 2.98. The van der Waals surface area contributed by atoms with E-state index in [0.29, 0.717) is 0 Å². The minimum Gasteiger partial charge on any atom is -0.378 e. The van der Waals surface area contributed by atoms with E-state index < -0.39 is 0 Å². The SMILES string of the molecule is [CH]1CC=CC(N2CCOCC2)=C1Cc1ccccc1. The molecule has 0 atom stereocenters. The van der Waals surface area contributed by atoms with Gasteiger partial charge in [0, 0.05) is 18.8 Å². The maximum atomic E-state index is 5.45. The fourth-order valence-electron chi connectivity index (χ4n) is 2.69. The number of hydrogen-bond acceptors (Lipinski definition) is 2. The van der Waals surface area contributed by atoms with E-state index in [1.807, 2.05) is 0 Å². The Labute approximate surface area is 115 Å². The van der Waals surface area contributed by atoms with Crippen molar-refractivity contribution in [2.75, 3.05) is 26.3 Å². The highest BCUT2D eigenvalue weighted by Gasteiger charge is 2.17. The topological polar surface area (TPSA) is 12.5 Å². The molecular weight excluding hydrogens is 234 g/mol. The van der Waals surface area contributed by atoms with Crippen LogP contribution in [0, 0.1) is 6.42 Å². The van der Waals surface area contributed by atoms with E-state index in [-0.39, 0.29) is 0 Å². The summed E-state index contributed by atoms with van der Waals surface area (Å²) in [5.41, 5.74) is 4.23. The maximum Gasteiger partial charge on any atom is 0.0642 e. The first-order valence-corrected chi connectivity index (χ1v) is 7.03. The first kappa shape index (κ1) is 12.5. The number of morpholine rings is 1. The average Bonchev–Trinajstić information content (AvgIpc) is 2.50. The lowest BCUT2D eigenvalue weighted by Gasteiger charge is -2.33. The van der Waals surface area contributed by atoms with Gasteiger partial charge in [0.15, 0.2) is 0 Å². The van der Waals surface area contributed by atoms with Gasteiger partial charge in [-0.2, -0.15) is 0 Å². The molecule has 1 fully saturated rings. The van der Waals surface area contributed by atoms with Gasteiger partial charge in [-0.25, -0.2) is 0 Å². The molecule has 0 N–H and O–H groups in total. The third-order valence-corrected chi connectivity index (χ3v) is 3.69. The fraction of sp³-hybridized carbons (Fsp3) is 0.353. The molecule has 2 heteroatoms. The normalized spacial score (nSPS) is 19.9. The molecule has 19 heavy (non-hydrogen) atoms. The smallest absolute Gasteiger partial charge is 0.0642 e. The summed E-state index contributed by atoms with van der Waals surface area (Å²) in [6, 6.07) is 10.7. The van der Waals surface area contributed by atoms with Crippen molar-refractivity contribution in [3.05, 3.63) is 65.7 Å². The van der Waals surface area contributed by atoms with Crippen molar-refractivity contribution in [2.24, 2.45) is 0 Å². The summed E-state index contributed by atoms with van der Waals surface area (Å²) in [6.45, 7) is 3.70. The lowest BCUT2D eigenvalue weighted by molar-refractivity contribution is 0.0548. The van der Waals surface area contributed by atoms with Crippen LogP contribution in [0.3, 0.4) is 0 Å². The Morgan fingerprint density at radius 2 is 1.84 bits per heavy atom.